The molecule has 0 aromatic rings. The molecule has 0 saturated carbocycles. The van der Waals surface area contributed by atoms with Crippen molar-refractivity contribution in [3.63, 3.8) is 0 Å². The fourth-order valence-electron chi connectivity index (χ4n) is 3.03. The first kappa shape index (κ1) is 21.7. The monoisotopic (exact) mass is 309 g/mol. The maximum absolute atomic E-state index is 2.44. The fourth-order valence-corrected chi connectivity index (χ4v) is 3.03. The number of unbranched alkanes of at least 4 members (excludes halogenated alkanes) is 9. The van der Waals surface area contributed by atoms with Crippen LogP contribution in [0.5, 0.6) is 0 Å². The summed E-state index contributed by atoms with van der Waals surface area (Å²) in [6, 6.07) is 0.791. The van der Waals surface area contributed by atoms with Gasteiger partial charge in [0, 0.05) is 6.04 Å². The van der Waals surface area contributed by atoms with E-state index in [0.29, 0.717) is 0 Å². The first-order chi connectivity index (χ1) is 10.7. The van der Waals surface area contributed by atoms with E-state index in [1.165, 1.54) is 89.9 Å². The van der Waals surface area contributed by atoms with Gasteiger partial charge in [0.15, 0.2) is 0 Å². The van der Waals surface area contributed by atoms with E-state index in [4.69, 9.17) is 0 Å². The SMILES string of the molecule is CCCC/C=C\CCCC(CCCCCCCCC)N(C)C. The highest BCUT2D eigenvalue weighted by Gasteiger charge is 2.09. The van der Waals surface area contributed by atoms with Crippen LogP contribution in [0, 0.1) is 0 Å². The van der Waals surface area contributed by atoms with Gasteiger partial charge >= 0.3 is 0 Å². The van der Waals surface area contributed by atoms with Crippen LogP contribution < -0.4 is 0 Å². The molecule has 0 heterocycles. The largest absolute Gasteiger partial charge is 0.306 e. The molecule has 0 radical (unpaired) electrons. The number of hydrogen-bond donors (Lipinski definition) is 0. The van der Waals surface area contributed by atoms with Crippen molar-refractivity contribution >= 4 is 0 Å². The molecular weight excluding hydrogens is 266 g/mol. The Kier molecular flexibility index (Phi) is 16.8. The number of rotatable bonds is 16. The number of allylic oxidation sites excluding steroid dienone is 2. The first-order valence-electron chi connectivity index (χ1n) is 10.0. The average Bonchev–Trinajstić information content (AvgIpc) is 2.50. The van der Waals surface area contributed by atoms with Crippen molar-refractivity contribution in [2.45, 2.75) is 110 Å². The van der Waals surface area contributed by atoms with Gasteiger partial charge in [-0.3, -0.25) is 0 Å². The predicted octanol–water partition coefficient (Wildman–Crippen LogP) is 6.97. The van der Waals surface area contributed by atoms with Crippen LogP contribution in [-0.4, -0.2) is 25.0 Å². The molecule has 0 spiro atoms. The van der Waals surface area contributed by atoms with Crippen molar-refractivity contribution in [2.24, 2.45) is 0 Å². The summed E-state index contributed by atoms with van der Waals surface area (Å²) in [6.07, 6.45) is 24.0. The van der Waals surface area contributed by atoms with E-state index in [1.54, 1.807) is 0 Å². The molecule has 1 heteroatoms. The van der Waals surface area contributed by atoms with Gasteiger partial charge in [-0.25, -0.2) is 0 Å². The average molecular weight is 310 g/mol. The molecule has 0 rings (SSSR count). The van der Waals surface area contributed by atoms with Crippen LogP contribution >= 0.6 is 0 Å². The van der Waals surface area contributed by atoms with Crippen LogP contribution in [-0.2, 0) is 0 Å². The van der Waals surface area contributed by atoms with Crippen LogP contribution in [0.3, 0.4) is 0 Å². The summed E-state index contributed by atoms with van der Waals surface area (Å²) in [7, 11) is 4.51. The lowest BCUT2D eigenvalue weighted by Crippen LogP contribution is -2.27. The Hall–Kier alpha value is -0.300. The summed E-state index contributed by atoms with van der Waals surface area (Å²) in [5.41, 5.74) is 0. The summed E-state index contributed by atoms with van der Waals surface area (Å²) < 4.78 is 0. The molecule has 0 fully saturated rings. The zero-order valence-electron chi connectivity index (χ0n) is 16.1. The molecule has 1 atom stereocenters. The molecule has 22 heavy (non-hydrogen) atoms. The minimum absolute atomic E-state index is 0.791. The molecule has 0 N–H and O–H groups in total. The molecule has 0 saturated heterocycles. The second kappa shape index (κ2) is 17.1. The number of nitrogens with zero attached hydrogens (tertiary/aromatic N) is 1. The Morgan fingerprint density at radius 1 is 0.636 bits per heavy atom. The molecule has 0 bridgehead atoms. The zero-order valence-corrected chi connectivity index (χ0v) is 16.1. The van der Waals surface area contributed by atoms with E-state index >= 15 is 0 Å². The second-order valence-electron chi connectivity index (χ2n) is 7.07. The first-order valence-corrected chi connectivity index (χ1v) is 10.0. The van der Waals surface area contributed by atoms with E-state index in [0.717, 1.165) is 6.04 Å². The van der Waals surface area contributed by atoms with E-state index < -0.39 is 0 Å². The highest BCUT2D eigenvalue weighted by Crippen LogP contribution is 2.16. The topological polar surface area (TPSA) is 3.24 Å². The Balaban J connectivity index is 3.59. The van der Waals surface area contributed by atoms with Gasteiger partial charge in [0.2, 0.25) is 0 Å². The van der Waals surface area contributed by atoms with Crippen molar-refractivity contribution in [1.29, 1.82) is 0 Å². The molecule has 0 aliphatic rings. The molecule has 132 valence electrons. The van der Waals surface area contributed by atoms with Gasteiger partial charge in [-0.1, -0.05) is 83.8 Å². The maximum Gasteiger partial charge on any atom is 0.00892 e. The van der Waals surface area contributed by atoms with E-state index in [-0.39, 0.29) is 0 Å². The highest BCUT2D eigenvalue weighted by molar-refractivity contribution is 4.82. The Labute approximate surface area is 141 Å². The number of hydrogen-bond acceptors (Lipinski definition) is 1. The minimum atomic E-state index is 0.791. The summed E-state index contributed by atoms with van der Waals surface area (Å²) >= 11 is 0. The van der Waals surface area contributed by atoms with Gasteiger partial charge in [0.1, 0.15) is 0 Å². The molecule has 0 aliphatic heterocycles. The molecular formula is C21H43N. The van der Waals surface area contributed by atoms with Crippen LogP contribution in [0.2, 0.25) is 0 Å². The summed E-state index contributed by atoms with van der Waals surface area (Å²) in [6.45, 7) is 4.56. The lowest BCUT2D eigenvalue weighted by Gasteiger charge is -2.24. The van der Waals surface area contributed by atoms with Gasteiger partial charge in [-0.2, -0.15) is 0 Å². The predicted molar refractivity (Wildman–Crippen MR) is 103 cm³/mol. The van der Waals surface area contributed by atoms with Gasteiger partial charge in [-0.05, 0) is 46.2 Å². The summed E-state index contributed by atoms with van der Waals surface area (Å²) in [5.74, 6) is 0. The third-order valence-electron chi connectivity index (χ3n) is 4.67. The standard InChI is InChI=1S/C21H43N/c1-5-7-9-11-13-15-17-19-21(22(3)4)20-18-16-14-12-10-8-6-2/h11,13,21H,5-10,12,14-20H2,1-4H3/b13-11-. The zero-order chi connectivity index (χ0) is 16.5. The van der Waals surface area contributed by atoms with Crippen LogP contribution in [0.25, 0.3) is 0 Å². The van der Waals surface area contributed by atoms with Gasteiger partial charge < -0.3 is 4.90 Å². The third-order valence-corrected chi connectivity index (χ3v) is 4.67. The summed E-state index contributed by atoms with van der Waals surface area (Å²) in [5, 5.41) is 0. The molecule has 1 unspecified atom stereocenters. The molecule has 0 aliphatic carbocycles. The highest BCUT2D eigenvalue weighted by atomic mass is 15.1. The van der Waals surface area contributed by atoms with Crippen molar-refractivity contribution in [2.75, 3.05) is 14.1 Å². The minimum Gasteiger partial charge on any atom is -0.306 e. The normalized spacial score (nSPS) is 13.3. The summed E-state index contributed by atoms with van der Waals surface area (Å²) in [4.78, 5) is 2.44. The van der Waals surface area contributed by atoms with Crippen molar-refractivity contribution in [3.8, 4) is 0 Å². The Morgan fingerprint density at radius 2 is 1.14 bits per heavy atom. The third kappa shape index (κ3) is 14.6. The van der Waals surface area contributed by atoms with Crippen molar-refractivity contribution < 1.29 is 0 Å². The lowest BCUT2D eigenvalue weighted by molar-refractivity contribution is 0.254. The molecule has 0 aromatic carbocycles. The second-order valence-corrected chi connectivity index (χ2v) is 7.07. The van der Waals surface area contributed by atoms with Crippen molar-refractivity contribution in [1.82, 2.24) is 4.90 Å². The van der Waals surface area contributed by atoms with E-state index in [9.17, 15) is 0 Å². The van der Waals surface area contributed by atoms with E-state index in [1.807, 2.05) is 0 Å². The molecule has 0 amide bonds. The van der Waals surface area contributed by atoms with Crippen LogP contribution in [0.4, 0.5) is 0 Å². The smallest absolute Gasteiger partial charge is 0.00892 e. The molecule has 1 nitrogen and oxygen atoms in total. The van der Waals surface area contributed by atoms with Crippen molar-refractivity contribution in [3.05, 3.63) is 12.2 Å². The maximum atomic E-state index is 2.44. The van der Waals surface area contributed by atoms with E-state index in [2.05, 4.69) is 45.0 Å². The van der Waals surface area contributed by atoms with Crippen LogP contribution in [0.1, 0.15) is 104 Å². The lowest BCUT2D eigenvalue weighted by atomic mass is 10.0. The van der Waals surface area contributed by atoms with Gasteiger partial charge in [0.25, 0.3) is 0 Å². The van der Waals surface area contributed by atoms with Gasteiger partial charge in [-0.15, -0.1) is 0 Å². The Bertz CT molecular complexity index is 232. The Morgan fingerprint density at radius 3 is 1.73 bits per heavy atom. The quantitative estimate of drug-likeness (QED) is 0.220. The van der Waals surface area contributed by atoms with Gasteiger partial charge in [0.05, 0.1) is 0 Å². The molecule has 0 aromatic heterocycles. The fraction of sp³-hybridized carbons (Fsp3) is 0.905. The van der Waals surface area contributed by atoms with Crippen LogP contribution in [0.15, 0.2) is 12.2 Å².